The average molecular weight is 297 g/mol. The van der Waals surface area contributed by atoms with Crippen molar-refractivity contribution in [1.82, 2.24) is 14.5 Å². The minimum Gasteiger partial charge on any atom is -0.342 e. The predicted octanol–water partition coefficient (Wildman–Crippen LogP) is 1.99. The zero-order valence-corrected chi connectivity index (χ0v) is 12.4. The smallest absolute Gasteiger partial charge is 0.263 e. The van der Waals surface area contributed by atoms with Crippen LogP contribution in [0.4, 0.5) is 0 Å². The van der Waals surface area contributed by atoms with Gasteiger partial charge in [-0.3, -0.25) is 14.2 Å². The molecule has 2 aromatic heterocycles. The Labute approximate surface area is 119 Å². The van der Waals surface area contributed by atoms with Crippen LogP contribution in [0.2, 0.25) is 0 Å². The van der Waals surface area contributed by atoms with Crippen molar-refractivity contribution in [2.45, 2.75) is 20.4 Å². The number of likely N-dealkylation sites (N-methyl/N-ethyl adjacent to an activating group) is 1. The fourth-order valence-electron chi connectivity index (χ4n) is 1.93. The van der Waals surface area contributed by atoms with Gasteiger partial charge in [0.15, 0.2) is 4.77 Å². The Balaban J connectivity index is 2.43. The summed E-state index contributed by atoms with van der Waals surface area (Å²) in [5.74, 6) is -0.0961. The fourth-order valence-corrected chi connectivity index (χ4v) is 3.02. The van der Waals surface area contributed by atoms with Crippen LogP contribution in [-0.4, -0.2) is 33.4 Å². The van der Waals surface area contributed by atoms with Crippen LogP contribution >= 0.6 is 23.6 Å². The fraction of sp³-hybridized carbons (Fsp3) is 0.417. The normalized spacial score (nSPS) is 10.8. The van der Waals surface area contributed by atoms with Crippen molar-refractivity contribution >= 4 is 39.7 Å². The molecule has 0 bridgehead atoms. The van der Waals surface area contributed by atoms with E-state index in [1.807, 2.05) is 19.2 Å². The number of hydrogen-bond acceptors (Lipinski definition) is 4. The molecule has 0 aliphatic heterocycles. The molecule has 0 aliphatic rings. The second-order valence-corrected chi connectivity index (χ2v) is 5.35. The summed E-state index contributed by atoms with van der Waals surface area (Å²) in [5, 5.41) is 2.40. The lowest BCUT2D eigenvalue weighted by molar-refractivity contribution is -0.131. The van der Waals surface area contributed by atoms with Crippen molar-refractivity contribution in [1.29, 1.82) is 0 Å². The molecule has 19 heavy (non-hydrogen) atoms. The molecular formula is C12H15N3O2S2. The lowest BCUT2D eigenvalue weighted by Crippen LogP contribution is -2.36. The van der Waals surface area contributed by atoms with Crippen molar-refractivity contribution < 1.29 is 4.79 Å². The third-order valence-corrected chi connectivity index (χ3v) is 4.17. The van der Waals surface area contributed by atoms with Gasteiger partial charge < -0.3 is 9.88 Å². The summed E-state index contributed by atoms with van der Waals surface area (Å²) in [7, 11) is 0. The molecule has 102 valence electrons. The van der Waals surface area contributed by atoms with E-state index in [0.29, 0.717) is 23.2 Å². The average Bonchev–Trinajstić information content (AvgIpc) is 2.84. The molecule has 0 aliphatic carbocycles. The first kappa shape index (κ1) is 14.0. The highest BCUT2D eigenvalue weighted by Crippen LogP contribution is 2.14. The van der Waals surface area contributed by atoms with Gasteiger partial charge in [-0.2, -0.15) is 0 Å². The van der Waals surface area contributed by atoms with E-state index in [4.69, 9.17) is 12.2 Å². The van der Waals surface area contributed by atoms with Crippen LogP contribution in [0.1, 0.15) is 13.8 Å². The molecule has 1 N–H and O–H groups in total. The summed E-state index contributed by atoms with van der Waals surface area (Å²) in [5.41, 5.74) is -0.208. The zero-order valence-electron chi connectivity index (χ0n) is 10.8. The molecule has 2 heterocycles. The monoisotopic (exact) mass is 297 g/mol. The molecule has 0 saturated carbocycles. The van der Waals surface area contributed by atoms with Gasteiger partial charge in [0, 0.05) is 13.1 Å². The minimum absolute atomic E-state index is 0.0123. The largest absolute Gasteiger partial charge is 0.342 e. The highest BCUT2D eigenvalue weighted by atomic mass is 32.1. The number of aromatic amines is 1. The molecule has 2 aromatic rings. The molecule has 0 aromatic carbocycles. The van der Waals surface area contributed by atoms with Gasteiger partial charge in [-0.25, -0.2) is 0 Å². The topological polar surface area (TPSA) is 58.1 Å². The number of nitrogens with zero attached hydrogens (tertiary/aromatic N) is 2. The third-order valence-electron chi connectivity index (χ3n) is 3.02. The van der Waals surface area contributed by atoms with E-state index in [1.165, 1.54) is 15.9 Å². The van der Waals surface area contributed by atoms with Gasteiger partial charge >= 0.3 is 0 Å². The molecule has 0 spiro atoms. The summed E-state index contributed by atoms with van der Waals surface area (Å²) in [4.78, 5) is 29.7. The molecule has 1 amide bonds. The van der Waals surface area contributed by atoms with Crippen molar-refractivity contribution in [3.8, 4) is 0 Å². The Morgan fingerprint density at radius 1 is 1.47 bits per heavy atom. The minimum atomic E-state index is -0.208. The quantitative estimate of drug-likeness (QED) is 0.878. The maximum Gasteiger partial charge on any atom is 0.263 e. The number of carbonyl (C=O) groups is 1. The first-order valence-corrected chi connectivity index (χ1v) is 7.35. The van der Waals surface area contributed by atoms with Gasteiger partial charge in [-0.15, -0.1) is 11.3 Å². The van der Waals surface area contributed by atoms with Gasteiger partial charge in [0.05, 0.1) is 5.39 Å². The standard InChI is InChI=1S/C12H15N3O2S2/c1-3-14(4-2)9(16)7-15-11(17)8-5-6-19-10(8)13-12(15)18/h5-6H,3-4,7H2,1-2H3,(H,13,18). The molecule has 5 nitrogen and oxygen atoms in total. The van der Waals surface area contributed by atoms with Crippen LogP contribution in [0.25, 0.3) is 10.2 Å². The second-order valence-electron chi connectivity index (χ2n) is 4.05. The summed E-state index contributed by atoms with van der Waals surface area (Å²) >= 11 is 6.58. The number of aromatic nitrogens is 2. The summed E-state index contributed by atoms with van der Waals surface area (Å²) in [6.45, 7) is 5.06. The van der Waals surface area contributed by atoms with E-state index < -0.39 is 0 Å². The lowest BCUT2D eigenvalue weighted by atomic mass is 10.4. The Bertz CT molecular complexity index is 710. The van der Waals surface area contributed by atoms with Gasteiger partial charge in [0.1, 0.15) is 11.4 Å². The summed E-state index contributed by atoms with van der Waals surface area (Å²) in [6, 6.07) is 1.74. The van der Waals surface area contributed by atoms with E-state index in [2.05, 4.69) is 4.98 Å². The Morgan fingerprint density at radius 3 is 2.79 bits per heavy atom. The molecule has 0 unspecified atom stereocenters. The van der Waals surface area contributed by atoms with E-state index in [9.17, 15) is 9.59 Å². The third kappa shape index (κ3) is 2.62. The van der Waals surface area contributed by atoms with Gasteiger partial charge in [-0.05, 0) is 37.5 Å². The number of H-pyrrole nitrogens is 1. The van der Waals surface area contributed by atoms with Crippen LogP contribution < -0.4 is 5.56 Å². The van der Waals surface area contributed by atoms with Crippen molar-refractivity contribution in [2.75, 3.05) is 13.1 Å². The highest BCUT2D eigenvalue weighted by Gasteiger charge is 2.13. The molecular weight excluding hydrogens is 282 g/mol. The summed E-state index contributed by atoms with van der Waals surface area (Å²) < 4.78 is 1.62. The molecule has 0 fully saturated rings. The van der Waals surface area contributed by atoms with Crippen molar-refractivity contribution in [3.05, 3.63) is 26.6 Å². The summed E-state index contributed by atoms with van der Waals surface area (Å²) in [6.07, 6.45) is 0. The van der Waals surface area contributed by atoms with E-state index in [0.717, 1.165) is 4.83 Å². The Morgan fingerprint density at radius 2 is 2.16 bits per heavy atom. The number of fused-ring (bicyclic) bond motifs is 1. The molecule has 0 saturated heterocycles. The lowest BCUT2D eigenvalue weighted by Gasteiger charge is -2.19. The van der Waals surface area contributed by atoms with Gasteiger partial charge in [0.2, 0.25) is 5.91 Å². The predicted molar refractivity (Wildman–Crippen MR) is 79.2 cm³/mol. The maximum atomic E-state index is 12.3. The van der Waals surface area contributed by atoms with Crippen LogP contribution in [0.3, 0.4) is 0 Å². The van der Waals surface area contributed by atoms with Crippen LogP contribution in [0, 0.1) is 4.77 Å². The first-order valence-electron chi connectivity index (χ1n) is 6.06. The van der Waals surface area contributed by atoms with Crippen LogP contribution in [-0.2, 0) is 11.3 Å². The van der Waals surface area contributed by atoms with E-state index in [1.54, 1.807) is 11.0 Å². The number of thiophene rings is 1. The maximum absolute atomic E-state index is 12.3. The SMILES string of the molecule is CCN(CC)C(=O)Cn1c(=S)[nH]c2sccc2c1=O. The Hall–Kier alpha value is -1.47. The molecule has 0 atom stereocenters. The highest BCUT2D eigenvalue weighted by molar-refractivity contribution is 7.71. The molecule has 2 rings (SSSR count). The van der Waals surface area contributed by atoms with E-state index >= 15 is 0 Å². The van der Waals surface area contributed by atoms with Gasteiger partial charge in [0.25, 0.3) is 5.56 Å². The molecule has 7 heteroatoms. The van der Waals surface area contributed by atoms with Gasteiger partial charge in [-0.1, -0.05) is 0 Å². The number of nitrogens with one attached hydrogen (secondary N) is 1. The second kappa shape index (κ2) is 5.66. The molecule has 0 radical (unpaired) electrons. The number of rotatable bonds is 4. The van der Waals surface area contributed by atoms with Crippen LogP contribution in [0.5, 0.6) is 0 Å². The van der Waals surface area contributed by atoms with Crippen LogP contribution in [0.15, 0.2) is 16.2 Å². The zero-order chi connectivity index (χ0) is 14.0. The number of amides is 1. The van der Waals surface area contributed by atoms with E-state index in [-0.39, 0.29) is 18.0 Å². The first-order chi connectivity index (χ1) is 9.08. The number of carbonyl (C=O) groups excluding carboxylic acids is 1. The van der Waals surface area contributed by atoms with Crippen molar-refractivity contribution in [2.24, 2.45) is 0 Å². The number of hydrogen-bond donors (Lipinski definition) is 1. The Kier molecular flexibility index (Phi) is 4.16. The van der Waals surface area contributed by atoms with Crippen molar-refractivity contribution in [3.63, 3.8) is 0 Å².